The first-order valence-electron chi connectivity index (χ1n) is 8.50. The molecule has 130 valence electrons. The van der Waals surface area contributed by atoms with Gasteiger partial charge in [0.1, 0.15) is 0 Å². The van der Waals surface area contributed by atoms with Crippen LogP contribution in [0.1, 0.15) is 62.6 Å². The second kappa shape index (κ2) is 6.69. The van der Waals surface area contributed by atoms with E-state index in [0.717, 1.165) is 30.5 Å². The molecule has 1 aromatic heterocycles. The number of sulfonamides is 1. The Balaban J connectivity index is 1.90. The van der Waals surface area contributed by atoms with Crippen molar-refractivity contribution in [1.82, 2.24) is 9.46 Å². The van der Waals surface area contributed by atoms with E-state index < -0.39 is 10.0 Å². The maximum atomic E-state index is 13.0. The molecule has 0 amide bonds. The van der Waals surface area contributed by atoms with Crippen LogP contribution in [0.15, 0.2) is 39.8 Å². The Morgan fingerprint density at radius 1 is 1.29 bits per heavy atom. The van der Waals surface area contributed by atoms with Crippen LogP contribution in [-0.2, 0) is 16.4 Å². The Hall–Kier alpha value is -1.66. The number of nitrogens with zero attached hydrogens (tertiary/aromatic N) is 2. The predicted molar refractivity (Wildman–Crippen MR) is 92.3 cm³/mol. The molecule has 5 nitrogen and oxygen atoms in total. The summed E-state index contributed by atoms with van der Waals surface area (Å²) < 4.78 is 33.0. The van der Waals surface area contributed by atoms with Gasteiger partial charge in [-0.15, -0.1) is 0 Å². The van der Waals surface area contributed by atoms with Gasteiger partial charge >= 0.3 is 0 Å². The highest BCUT2D eigenvalue weighted by molar-refractivity contribution is 7.89. The highest BCUT2D eigenvalue weighted by Crippen LogP contribution is 2.37. The molecular weight excluding hydrogens is 324 g/mol. The molecule has 1 saturated heterocycles. The molecular formula is C18H24N2O3S. The van der Waals surface area contributed by atoms with Crippen molar-refractivity contribution in [2.75, 3.05) is 6.54 Å². The Kier molecular flexibility index (Phi) is 4.78. The van der Waals surface area contributed by atoms with Crippen molar-refractivity contribution >= 4 is 10.0 Å². The van der Waals surface area contributed by atoms with Crippen molar-refractivity contribution in [2.24, 2.45) is 0 Å². The van der Waals surface area contributed by atoms with Gasteiger partial charge in [-0.05, 0) is 42.9 Å². The molecule has 2 aromatic rings. The standard InChI is InChI=1S/C18H24N2O3S/c1-4-15-12-18(23-19-15)17-6-5-11-20(17)24(21,22)16-9-7-14(8-10-16)13(2)3/h7-10,12-13,17H,4-6,11H2,1-3H3/t17-/m1/s1. The fraction of sp³-hybridized carbons (Fsp3) is 0.500. The largest absolute Gasteiger partial charge is 0.359 e. The molecule has 0 N–H and O–H groups in total. The van der Waals surface area contributed by atoms with E-state index in [2.05, 4.69) is 19.0 Å². The quantitative estimate of drug-likeness (QED) is 0.822. The molecule has 3 rings (SSSR count). The fourth-order valence-corrected chi connectivity index (χ4v) is 4.79. The van der Waals surface area contributed by atoms with E-state index in [0.29, 0.717) is 23.1 Å². The first-order chi connectivity index (χ1) is 11.4. The van der Waals surface area contributed by atoms with Gasteiger partial charge in [-0.3, -0.25) is 0 Å². The zero-order chi connectivity index (χ0) is 17.3. The van der Waals surface area contributed by atoms with E-state index in [9.17, 15) is 8.42 Å². The van der Waals surface area contributed by atoms with Gasteiger partial charge in [-0.1, -0.05) is 38.1 Å². The number of benzene rings is 1. The Labute approximate surface area is 143 Å². The highest BCUT2D eigenvalue weighted by Gasteiger charge is 2.38. The van der Waals surface area contributed by atoms with Crippen LogP contribution in [0.4, 0.5) is 0 Å². The van der Waals surface area contributed by atoms with Crippen LogP contribution in [0.25, 0.3) is 0 Å². The van der Waals surface area contributed by atoms with Crippen molar-refractivity contribution in [3.05, 3.63) is 47.3 Å². The molecule has 0 aliphatic carbocycles. The molecule has 2 heterocycles. The number of hydrogen-bond acceptors (Lipinski definition) is 4. The minimum atomic E-state index is -3.53. The molecule has 24 heavy (non-hydrogen) atoms. The summed E-state index contributed by atoms with van der Waals surface area (Å²) in [5, 5.41) is 4.00. The van der Waals surface area contributed by atoms with Gasteiger partial charge in [-0.25, -0.2) is 8.42 Å². The molecule has 1 atom stereocenters. The van der Waals surface area contributed by atoms with Crippen LogP contribution in [0.3, 0.4) is 0 Å². The van der Waals surface area contributed by atoms with Crippen LogP contribution in [0.5, 0.6) is 0 Å². The molecule has 0 saturated carbocycles. The SMILES string of the molecule is CCc1cc([C@H]2CCCN2S(=O)(=O)c2ccc(C(C)C)cc2)on1. The highest BCUT2D eigenvalue weighted by atomic mass is 32.2. The van der Waals surface area contributed by atoms with Crippen LogP contribution in [-0.4, -0.2) is 24.4 Å². The number of hydrogen-bond donors (Lipinski definition) is 0. The Morgan fingerprint density at radius 2 is 2.00 bits per heavy atom. The smallest absolute Gasteiger partial charge is 0.243 e. The summed E-state index contributed by atoms with van der Waals surface area (Å²) in [7, 11) is -3.53. The topological polar surface area (TPSA) is 63.4 Å². The maximum Gasteiger partial charge on any atom is 0.243 e. The average Bonchev–Trinajstić information content (AvgIpc) is 3.23. The average molecular weight is 348 g/mol. The maximum absolute atomic E-state index is 13.0. The van der Waals surface area contributed by atoms with Gasteiger partial charge in [-0.2, -0.15) is 4.31 Å². The lowest BCUT2D eigenvalue weighted by atomic mass is 10.0. The number of aromatic nitrogens is 1. The van der Waals surface area contributed by atoms with E-state index >= 15 is 0 Å². The van der Waals surface area contributed by atoms with E-state index in [1.807, 2.05) is 25.1 Å². The summed E-state index contributed by atoms with van der Waals surface area (Å²) in [6.07, 6.45) is 2.37. The zero-order valence-corrected chi connectivity index (χ0v) is 15.2. The van der Waals surface area contributed by atoms with Crippen LogP contribution >= 0.6 is 0 Å². The number of aryl methyl sites for hydroxylation is 1. The first kappa shape index (κ1) is 17.2. The summed E-state index contributed by atoms with van der Waals surface area (Å²) in [4.78, 5) is 0.342. The molecule has 1 aliphatic rings. The summed E-state index contributed by atoms with van der Waals surface area (Å²) >= 11 is 0. The Morgan fingerprint density at radius 3 is 2.58 bits per heavy atom. The van der Waals surface area contributed by atoms with E-state index in [-0.39, 0.29) is 6.04 Å². The Bertz CT molecular complexity index is 794. The van der Waals surface area contributed by atoms with Gasteiger partial charge in [0.2, 0.25) is 10.0 Å². The lowest BCUT2D eigenvalue weighted by Crippen LogP contribution is -2.30. The molecule has 1 fully saturated rings. The lowest BCUT2D eigenvalue weighted by Gasteiger charge is -2.22. The molecule has 1 aliphatic heterocycles. The van der Waals surface area contributed by atoms with Gasteiger partial charge in [0, 0.05) is 12.6 Å². The third kappa shape index (κ3) is 3.13. The van der Waals surface area contributed by atoms with Crippen molar-refractivity contribution in [2.45, 2.75) is 56.9 Å². The molecule has 0 spiro atoms. The monoisotopic (exact) mass is 348 g/mol. The zero-order valence-electron chi connectivity index (χ0n) is 14.4. The molecule has 0 unspecified atom stereocenters. The summed E-state index contributed by atoms with van der Waals surface area (Å²) in [5.41, 5.74) is 1.99. The third-order valence-corrected chi connectivity index (χ3v) is 6.55. The summed E-state index contributed by atoms with van der Waals surface area (Å²) in [6, 6.07) is 8.82. The van der Waals surface area contributed by atoms with E-state index in [1.54, 1.807) is 16.4 Å². The van der Waals surface area contributed by atoms with E-state index in [1.165, 1.54) is 0 Å². The second-order valence-corrected chi connectivity index (χ2v) is 8.46. The normalized spacial score (nSPS) is 19.2. The van der Waals surface area contributed by atoms with Gasteiger partial charge in [0.25, 0.3) is 0 Å². The minimum absolute atomic E-state index is 0.257. The summed E-state index contributed by atoms with van der Waals surface area (Å²) in [6.45, 7) is 6.70. The predicted octanol–water partition coefficient (Wildman–Crippen LogP) is 3.89. The second-order valence-electron chi connectivity index (χ2n) is 6.57. The molecule has 0 radical (unpaired) electrons. The van der Waals surface area contributed by atoms with Crippen molar-refractivity contribution in [3.8, 4) is 0 Å². The third-order valence-electron chi connectivity index (χ3n) is 4.62. The van der Waals surface area contributed by atoms with Crippen molar-refractivity contribution in [1.29, 1.82) is 0 Å². The lowest BCUT2D eigenvalue weighted by molar-refractivity contribution is 0.296. The fourth-order valence-electron chi connectivity index (χ4n) is 3.12. The molecule has 6 heteroatoms. The number of rotatable bonds is 5. The van der Waals surface area contributed by atoms with Crippen molar-refractivity contribution < 1.29 is 12.9 Å². The first-order valence-corrected chi connectivity index (χ1v) is 9.94. The van der Waals surface area contributed by atoms with Gasteiger partial charge in [0.05, 0.1) is 16.6 Å². The van der Waals surface area contributed by atoms with Crippen molar-refractivity contribution in [3.63, 3.8) is 0 Å². The molecule has 0 bridgehead atoms. The van der Waals surface area contributed by atoms with Gasteiger partial charge < -0.3 is 4.52 Å². The van der Waals surface area contributed by atoms with Crippen LogP contribution in [0, 0.1) is 0 Å². The van der Waals surface area contributed by atoms with E-state index in [4.69, 9.17) is 4.52 Å². The summed E-state index contributed by atoms with van der Waals surface area (Å²) in [5.74, 6) is 1.02. The minimum Gasteiger partial charge on any atom is -0.359 e. The van der Waals surface area contributed by atoms with Gasteiger partial charge in [0.15, 0.2) is 5.76 Å². The van der Waals surface area contributed by atoms with Crippen LogP contribution < -0.4 is 0 Å². The molecule has 1 aromatic carbocycles. The van der Waals surface area contributed by atoms with Crippen LogP contribution in [0.2, 0.25) is 0 Å².